The van der Waals surface area contributed by atoms with Gasteiger partial charge in [-0.15, -0.1) is 0 Å². The monoisotopic (exact) mass is 422 g/mol. The van der Waals surface area contributed by atoms with Gasteiger partial charge in [-0.25, -0.2) is 8.42 Å². The molecule has 152 valence electrons. The first-order valence-corrected chi connectivity index (χ1v) is 11.5. The van der Waals surface area contributed by atoms with Crippen molar-refractivity contribution in [3.05, 3.63) is 58.6 Å². The maximum atomic E-state index is 12.4. The van der Waals surface area contributed by atoms with E-state index in [0.717, 1.165) is 17.5 Å². The molecule has 1 N–H and O–H groups in total. The van der Waals surface area contributed by atoms with Gasteiger partial charge in [0.05, 0.1) is 11.9 Å². The van der Waals surface area contributed by atoms with E-state index in [4.69, 9.17) is 11.6 Å². The minimum absolute atomic E-state index is 0.135. The molecule has 0 aliphatic heterocycles. The summed E-state index contributed by atoms with van der Waals surface area (Å²) in [5.74, 6) is 0.160. The van der Waals surface area contributed by atoms with Crippen LogP contribution in [0.25, 0.3) is 0 Å². The van der Waals surface area contributed by atoms with E-state index in [9.17, 15) is 13.2 Å². The van der Waals surface area contributed by atoms with Gasteiger partial charge in [0.25, 0.3) is 0 Å². The van der Waals surface area contributed by atoms with Crippen molar-refractivity contribution in [1.29, 1.82) is 0 Å². The third-order valence-corrected chi connectivity index (χ3v) is 6.12. The molecule has 0 atom stereocenters. The lowest BCUT2D eigenvalue weighted by Gasteiger charge is -2.24. The Morgan fingerprint density at radius 2 is 1.82 bits per heavy atom. The van der Waals surface area contributed by atoms with E-state index >= 15 is 0 Å². The van der Waals surface area contributed by atoms with Crippen LogP contribution in [0.2, 0.25) is 5.02 Å². The zero-order valence-electron chi connectivity index (χ0n) is 16.7. The molecule has 5 nitrogen and oxygen atoms in total. The first-order valence-electron chi connectivity index (χ1n) is 9.23. The minimum Gasteiger partial charge on any atom is -0.326 e. The van der Waals surface area contributed by atoms with Crippen molar-refractivity contribution < 1.29 is 13.2 Å². The van der Waals surface area contributed by atoms with Gasteiger partial charge in [-0.05, 0) is 48.6 Å². The second-order valence-electron chi connectivity index (χ2n) is 7.11. The second-order valence-corrected chi connectivity index (χ2v) is 9.43. The molecule has 0 saturated heterocycles. The fourth-order valence-electron chi connectivity index (χ4n) is 3.04. The van der Waals surface area contributed by atoms with Crippen LogP contribution in [0.4, 0.5) is 11.4 Å². The molecular formula is C21H27ClN2O3S. The number of hydrogen-bond acceptors (Lipinski definition) is 3. The molecule has 0 heterocycles. The minimum atomic E-state index is -3.49. The zero-order valence-corrected chi connectivity index (χ0v) is 18.3. The summed E-state index contributed by atoms with van der Waals surface area (Å²) in [6, 6.07) is 12.9. The van der Waals surface area contributed by atoms with E-state index in [1.807, 2.05) is 24.3 Å². The van der Waals surface area contributed by atoms with Gasteiger partial charge < -0.3 is 5.32 Å². The molecule has 28 heavy (non-hydrogen) atoms. The van der Waals surface area contributed by atoms with Crippen molar-refractivity contribution in [2.45, 2.75) is 39.5 Å². The lowest BCUT2D eigenvalue weighted by atomic mass is 10.0. The Bertz CT molecular complexity index is 942. The molecule has 0 bridgehead atoms. The number of carbonyl (C=O) groups excluding carboxylic acids is 1. The highest BCUT2D eigenvalue weighted by atomic mass is 35.5. The fraction of sp³-hybridized carbons (Fsp3) is 0.381. The number of nitrogens with zero attached hydrogens (tertiary/aromatic N) is 1. The Balaban J connectivity index is 2.05. The number of halogens is 1. The van der Waals surface area contributed by atoms with E-state index in [1.165, 1.54) is 4.31 Å². The number of amides is 1. The van der Waals surface area contributed by atoms with Crippen LogP contribution in [-0.4, -0.2) is 27.1 Å². The van der Waals surface area contributed by atoms with Gasteiger partial charge in [0.15, 0.2) is 0 Å². The molecule has 0 unspecified atom stereocenters. The lowest BCUT2D eigenvalue weighted by Crippen LogP contribution is -2.32. The van der Waals surface area contributed by atoms with E-state index in [0.29, 0.717) is 28.6 Å². The molecule has 0 aliphatic carbocycles. The van der Waals surface area contributed by atoms with Crippen molar-refractivity contribution in [3.63, 3.8) is 0 Å². The van der Waals surface area contributed by atoms with Crippen LogP contribution in [0.1, 0.15) is 43.7 Å². The van der Waals surface area contributed by atoms with Gasteiger partial charge in [-0.3, -0.25) is 9.10 Å². The van der Waals surface area contributed by atoms with Gasteiger partial charge >= 0.3 is 0 Å². The molecule has 1 amide bonds. The zero-order chi connectivity index (χ0) is 20.9. The maximum Gasteiger partial charge on any atom is 0.232 e. The van der Waals surface area contributed by atoms with Crippen LogP contribution in [0.3, 0.4) is 0 Å². The molecule has 0 radical (unpaired) electrons. The molecule has 2 rings (SSSR count). The Hall–Kier alpha value is -2.05. The number of carbonyl (C=O) groups is 1. The van der Waals surface area contributed by atoms with Crippen molar-refractivity contribution in [2.75, 3.05) is 22.4 Å². The van der Waals surface area contributed by atoms with Gasteiger partial charge in [-0.1, -0.05) is 49.7 Å². The van der Waals surface area contributed by atoms with E-state index < -0.39 is 10.0 Å². The third kappa shape index (κ3) is 5.72. The molecule has 2 aromatic carbocycles. The summed E-state index contributed by atoms with van der Waals surface area (Å²) in [7, 11) is -3.49. The molecule has 2 aromatic rings. The Labute approximate surface area is 172 Å². The maximum absolute atomic E-state index is 12.4. The Morgan fingerprint density at radius 1 is 1.14 bits per heavy atom. The van der Waals surface area contributed by atoms with Crippen LogP contribution in [-0.2, 0) is 14.8 Å². The van der Waals surface area contributed by atoms with Crippen LogP contribution in [0.5, 0.6) is 0 Å². The molecule has 0 fully saturated rings. The predicted molar refractivity (Wildman–Crippen MR) is 117 cm³/mol. The summed E-state index contributed by atoms with van der Waals surface area (Å²) in [4.78, 5) is 12.4. The second kappa shape index (κ2) is 9.43. The van der Waals surface area contributed by atoms with Gasteiger partial charge in [0.1, 0.15) is 0 Å². The first kappa shape index (κ1) is 22.2. The van der Waals surface area contributed by atoms with E-state index in [2.05, 4.69) is 19.2 Å². The van der Waals surface area contributed by atoms with Crippen LogP contribution in [0, 0.1) is 6.92 Å². The molecule has 7 heteroatoms. The summed E-state index contributed by atoms with van der Waals surface area (Å²) in [6.45, 7) is 6.13. The molecule has 0 saturated carbocycles. The molecule has 0 spiro atoms. The number of para-hydroxylation sites is 1. The number of rotatable bonds is 8. The van der Waals surface area contributed by atoms with Crippen molar-refractivity contribution in [3.8, 4) is 0 Å². The Morgan fingerprint density at radius 3 is 2.46 bits per heavy atom. The van der Waals surface area contributed by atoms with Crippen LogP contribution in [0.15, 0.2) is 42.5 Å². The quantitative estimate of drug-likeness (QED) is 0.653. The third-order valence-electron chi connectivity index (χ3n) is 4.53. The Kier molecular flexibility index (Phi) is 7.49. The van der Waals surface area contributed by atoms with Crippen molar-refractivity contribution in [1.82, 2.24) is 0 Å². The van der Waals surface area contributed by atoms with Crippen LogP contribution < -0.4 is 9.62 Å². The van der Waals surface area contributed by atoms with Crippen LogP contribution >= 0.6 is 11.6 Å². The highest BCUT2D eigenvalue weighted by molar-refractivity contribution is 7.92. The van der Waals surface area contributed by atoms with Gasteiger partial charge in [-0.2, -0.15) is 0 Å². The topological polar surface area (TPSA) is 66.5 Å². The number of benzene rings is 2. The van der Waals surface area contributed by atoms with Crippen molar-refractivity contribution in [2.24, 2.45) is 0 Å². The molecular weight excluding hydrogens is 396 g/mol. The summed E-state index contributed by atoms with van der Waals surface area (Å²) < 4.78 is 25.8. The predicted octanol–water partition coefficient (Wildman–Crippen LogP) is 4.96. The summed E-state index contributed by atoms with van der Waals surface area (Å²) in [6.07, 6.45) is 1.78. The van der Waals surface area contributed by atoms with Gasteiger partial charge in [0, 0.05) is 23.7 Å². The summed E-state index contributed by atoms with van der Waals surface area (Å²) in [5, 5.41) is 3.45. The first-order chi connectivity index (χ1) is 13.1. The lowest BCUT2D eigenvalue weighted by molar-refractivity contribution is -0.116. The standard InChI is InChI=1S/C21H27ClN2O3S/c1-15(2)17-9-5-6-11-19(17)23-21(25)13-8-14-24(28(4,26)27)20-12-7-10-18(22)16(20)3/h5-7,9-12,15H,8,13-14H2,1-4H3,(H,23,25). The SMILES string of the molecule is Cc1c(Cl)cccc1N(CCCC(=O)Nc1ccccc1C(C)C)S(C)(=O)=O. The average molecular weight is 423 g/mol. The summed E-state index contributed by atoms with van der Waals surface area (Å²) >= 11 is 6.14. The van der Waals surface area contributed by atoms with Gasteiger partial charge in [0.2, 0.25) is 15.9 Å². The molecule has 0 aromatic heterocycles. The smallest absolute Gasteiger partial charge is 0.232 e. The normalized spacial score (nSPS) is 11.5. The summed E-state index contributed by atoms with van der Waals surface area (Å²) in [5.41, 5.74) is 3.11. The van der Waals surface area contributed by atoms with E-state index in [1.54, 1.807) is 25.1 Å². The van der Waals surface area contributed by atoms with Crippen molar-refractivity contribution >= 4 is 38.9 Å². The number of nitrogens with one attached hydrogen (secondary N) is 1. The largest absolute Gasteiger partial charge is 0.326 e. The van der Waals surface area contributed by atoms with E-state index in [-0.39, 0.29) is 18.9 Å². The number of sulfonamides is 1. The highest BCUT2D eigenvalue weighted by Crippen LogP contribution is 2.28. The number of hydrogen-bond donors (Lipinski definition) is 1. The highest BCUT2D eigenvalue weighted by Gasteiger charge is 2.20. The molecule has 0 aliphatic rings. The average Bonchev–Trinajstić information content (AvgIpc) is 2.61. The number of anilines is 2. The fourth-order valence-corrected chi connectivity index (χ4v) is 4.23.